The van der Waals surface area contributed by atoms with Crippen LogP contribution in [0.3, 0.4) is 0 Å². The molecule has 0 aromatic heterocycles. The molecule has 2 N–H and O–H groups in total. The van der Waals surface area contributed by atoms with E-state index in [1.165, 1.54) is 0 Å². The largest absolute Gasteiger partial charge is 0.412 e. The molecule has 1 saturated carbocycles. The maximum Gasteiger partial charge on any atom is 0.160 e. The molecule has 1 aliphatic carbocycles. The van der Waals surface area contributed by atoms with Crippen LogP contribution >= 0.6 is 0 Å². The Balaban J connectivity index is 0.00000128. The molecule has 0 bridgehead atoms. The van der Waals surface area contributed by atoms with Crippen LogP contribution < -0.4 is 0 Å². The van der Waals surface area contributed by atoms with Gasteiger partial charge < -0.3 is 14.9 Å². The van der Waals surface area contributed by atoms with Gasteiger partial charge in [0, 0.05) is 17.8 Å². The minimum absolute atomic E-state index is 0. The maximum atomic E-state index is 8.81. The van der Waals surface area contributed by atoms with E-state index in [9.17, 15) is 0 Å². The van der Waals surface area contributed by atoms with Crippen molar-refractivity contribution in [1.29, 1.82) is 5.26 Å². The summed E-state index contributed by atoms with van der Waals surface area (Å²) in [7, 11) is 0. The third-order valence-corrected chi connectivity index (χ3v) is 3.43. The molecule has 0 amide bonds. The van der Waals surface area contributed by atoms with Gasteiger partial charge in [0.05, 0.1) is 19.3 Å². The van der Waals surface area contributed by atoms with Gasteiger partial charge in [0.25, 0.3) is 0 Å². The van der Waals surface area contributed by atoms with Crippen molar-refractivity contribution in [3.8, 4) is 6.07 Å². The molecule has 0 aromatic rings. The number of ether oxygens (including phenoxy) is 2. The van der Waals surface area contributed by atoms with E-state index in [-0.39, 0.29) is 17.7 Å². The number of hydrogen-bond acceptors (Lipinski definition) is 3. The molecular formula is C12H21NO3. The van der Waals surface area contributed by atoms with Crippen LogP contribution in [0, 0.1) is 29.1 Å². The summed E-state index contributed by atoms with van der Waals surface area (Å²) in [5.41, 5.74) is 0. The highest BCUT2D eigenvalue weighted by atomic mass is 16.7. The summed E-state index contributed by atoms with van der Waals surface area (Å²) in [4.78, 5) is 0. The van der Waals surface area contributed by atoms with E-state index in [2.05, 4.69) is 13.0 Å². The molecule has 92 valence electrons. The summed E-state index contributed by atoms with van der Waals surface area (Å²) in [5.74, 6) is 1.31. The van der Waals surface area contributed by atoms with Crippen molar-refractivity contribution in [2.45, 2.75) is 38.9 Å². The highest BCUT2D eigenvalue weighted by Crippen LogP contribution is 2.33. The van der Waals surface area contributed by atoms with Crippen LogP contribution in [-0.2, 0) is 9.47 Å². The average Bonchev–Trinajstić information content (AvgIpc) is 2.30. The molecule has 0 spiro atoms. The van der Waals surface area contributed by atoms with E-state index in [1.54, 1.807) is 0 Å². The zero-order chi connectivity index (χ0) is 10.7. The summed E-state index contributed by atoms with van der Waals surface area (Å²) in [6, 6.07) is 2.35. The first kappa shape index (κ1) is 13.4. The van der Waals surface area contributed by atoms with Gasteiger partial charge in [-0.15, -0.1) is 0 Å². The van der Waals surface area contributed by atoms with Crippen LogP contribution in [0.4, 0.5) is 0 Å². The summed E-state index contributed by atoms with van der Waals surface area (Å²) in [6.07, 6.45) is 4.19. The fraction of sp³-hybridized carbons (Fsp3) is 0.917. The molecule has 2 fully saturated rings. The van der Waals surface area contributed by atoms with E-state index < -0.39 is 0 Å². The Morgan fingerprint density at radius 2 is 1.62 bits per heavy atom. The lowest BCUT2D eigenvalue weighted by Crippen LogP contribution is -2.37. The molecule has 2 rings (SSSR count). The van der Waals surface area contributed by atoms with Gasteiger partial charge in [0.15, 0.2) is 6.29 Å². The van der Waals surface area contributed by atoms with Gasteiger partial charge in [-0.05, 0) is 25.7 Å². The molecule has 1 heterocycles. The maximum absolute atomic E-state index is 8.81. The zero-order valence-electron chi connectivity index (χ0n) is 9.82. The van der Waals surface area contributed by atoms with Crippen LogP contribution in [0.25, 0.3) is 0 Å². The van der Waals surface area contributed by atoms with Crippen molar-refractivity contribution >= 4 is 0 Å². The standard InChI is InChI=1S/C12H19NO2.H2O/c1-9-7-14-12(15-8-9)11-4-2-10(6-13)3-5-11;/h9-12H,2-5,7-8H2,1H3;1H2. The quantitative estimate of drug-likeness (QED) is 0.681. The SMILES string of the molecule is CC1COC(C2CCC(C#N)CC2)OC1.O. The van der Waals surface area contributed by atoms with Crippen LogP contribution in [-0.4, -0.2) is 25.0 Å². The summed E-state index contributed by atoms with van der Waals surface area (Å²) >= 11 is 0. The number of rotatable bonds is 1. The summed E-state index contributed by atoms with van der Waals surface area (Å²) in [6.45, 7) is 3.79. The van der Waals surface area contributed by atoms with Gasteiger partial charge in [-0.1, -0.05) is 6.92 Å². The lowest BCUT2D eigenvalue weighted by Gasteiger charge is -2.35. The predicted octanol–water partition coefficient (Wildman–Crippen LogP) is 1.50. The molecule has 2 aliphatic rings. The van der Waals surface area contributed by atoms with Crippen LogP contribution in [0.15, 0.2) is 0 Å². The van der Waals surface area contributed by atoms with Crippen LogP contribution in [0.5, 0.6) is 0 Å². The van der Waals surface area contributed by atoms with Gasteiger partial charge in [-0.25, -0.2) is 0 Å². The highest BCUT2D eigenvalue weighted by Gasteiger charge is 2.31. The third-order valence-electron chi connectivity index (χ3n) is 3.43. The molecule has 0 radical (unpaired) electrons. The van der Waals surface area contributed by atoms with Crippen molar-refractivity contribution in [1.82, 2.24) is 0 Å². The van der Waals surface area contributed by atoms with Crippen molar-refractivity contribution in [3.63, 3.8) is 0 Å². The lowest BCUT2D eigenvalue weighted by molar-refractivity contribution is -0.226. The predicted molar refractivity (Wildman–Crippen MR) is 59.5 cm³/mol. The fourth-order valence-corrected chi connectivity index (χ4v) is 2.41. The van der Waals surface area contributed by atoms with Gasteiger partial charge in [-0.2, -0.15) is 5.26 Å². The van der Waals surface area contributed by atoms with E-state index >= 15 is 0 Å². The van der Waals surface area contributed by atoms with Gasteiger partial charge in [0.2, 0.25) is 0 Å². The van der Waals surface area contributed by atoms with Crippen LogP contribution in [0.1, 0.15) is 32.6 Å². The highest BCUT2D eigenvalue weighted by molar-refractivity contribution is 4.88. The molecule has 0 aromatic carbocycles. The monoisotopic (exact) mass is 227 g/mol. The molecule has 1 saturated heterocycles. The van der Waals surface area contributed by atoms with E-state index in [0.29, 0.717) is 11.8 Å². The minimum Gasteiger partial charge on any atom is -0.412 e. The average molecular weight is 227 g/mol. The number of nitrogens with zero attached hydrogens (tertiary/aromatic N) is 1. The van der Waals surface area contributed by atoms with Crippen molar-refractivity contribution < 1.29 is 14.9 Å². The van der Waals surface area contributed by atoms with E-state index in [4.69, 9.17) is 14.7 Å². The molecule has 4 heteroatoms. The summed E-state index contributed by atoms with van der Waals surface area (Å²) < 4.78 is 11.4. The minimum atomic E-state index is 0. The smallest absolute Gasteiger partial charge is 0.160 e. The normalized spacial score (nSPS) is 39.5. The molecule has 1 aliphatic heterocycles. The Kier molecular flexibility index (Phi) is 5.20. The summed E-state index contributed by atoms with van der Waals surface area (Å²) in [5, 5.41) is 8.81. The molecule has 0 atom stereocenters. The fourth-order valence-electron chi connectivity index (χ4n) is 2.41. The second-order valence-electron chi connectivity index (χ2n) is 4.88. The first-order chi connectivity index (χ1) is 7.29. The van der Waals surface area contributed by atoms with Gasteiger partial charge >= 0.3 is 0 Å². The Morgan fingerprint density at radius 1 is 1.06 bits per heavy atom. The van der Waals surface area contributed by atoms with Crippen molar-refractivity contribution in [2.75, 3.05) is 13.2 Å². The van der Waals surface area contributed by atoms with E-state index in [0.717, 1.165) is 38.9 Å². The topological polar surface area (TPSA) is 73.8 Å². The second-order valence-corrected chi connectivity index (χ2v) is 4.88. The Morgan fingerprint density at radius 3 is 2.12 bits per heavy atom. The zero-order valence-corrected chi connectivity index (χ0v) is 9.82. The number of hydrogen-bond donors (Lipinski definition) is 0. The van der Waals surface area contributed by atoms with Crippen LogP contribution in [0.2, 0.25) is 0 Å². The number of nitriles is 1. The van der Waals surface area contributed by atoms with Gasteiger partial charge in [0.1, 0.15) is 0 Å². The van der Waals surface area contributed by atoms with Gasteiger partial charge in [-0.3, -0.25) is 0 Å². The Bertz CT molecular complexity index is 235. The molecule has 16 heavy (non-hydrogen) atoms. The third kappa shape index (κ3) is 3.18. The molecule has 0 unspecified atom stereocenters. The first-order valence-electron chi connectivity index (χ1n) is 5.92. The molecule has 4 nitrogen and oxygen atoms in total. The lowest BCUT2D eigenvalue weighted by atomic mass is 9.82. The first-order valence-corrected chi connectivity index (χ1v) is 5.92. The second kappa shape index (κ2) is 6.19. The van der Waals surface area contributed by atoms with Crippen molar-refractivity contribution in [2.24, 2.45) is 17.8 Å². The van der Waals surface area contributed by atoms with Crippen molar-refractivity contribution in [3.05, 3.63) is 0 Å². The Labute approximate surface area is 96.8 Å². The molecular weight excluding hydrogens is 206 g/mol. The van der Waals surface area contributed by atoms with E-state index in [1.807, 2.05) is 0 Å². The Hall–Kier alpha value is -0.630.